The zero-order valence-electron chi connectivity index (χ0n) is 21.9. The van der Waals surface area contributed by atoms with Crippen molar-refractivity contribution in [2.24, 2.45) is 0 Å². The predicted octanol–water partition coefficient (Wildman–Crippen LogP) is 9.58. The van der Waals surface area contributed by atoms with Crippen LogP contribution in [0, 0.1) is 0 Å². The second kappa shape index (κ2) is 18.0. The summed E-state index contributed by atoms with van der Waals surface area (Å²) in [4.78, 5) is 0. The van der Waals surface area contributed by atoms with Crippen LogP contribution >= 0.6 is 0 Å². The summed E-state index contributed by atoms with van der Waals surface area (Å²) in [5, 5.41) is 9.16. The van der Waals surface area contributed by atoms with E-state index in [1.807, 2.05) is 6.08 Å². The van der Waals surface area contributed by atoms with Gasteiger partial charge in [0.1, 0.15) is 0 Å². The Balaban J connectivity index is 5.05. The highest BCUT2D eigenvalue weighted by Gasteiger charge is 2.04. The molecule has 31 heavy (non-hydrogen) atoms. The van der Waals surface area contributed by atoms with Crippen molar-refractivity contribution in [2.75, 3.05) is 6.61 Å². The Kier molecular flexibility index (Phi) is 17.1. The van der Waals surface area contributed by atoms with Crippen LogP contribution in [0.4, 0.5) is 0 Å². The highest BCUT2D eigenvalue weighted by molar-refractivity contribution is 5.20. The predicted molar refractivity (Wildman–Crippen MR) is 141 cm³/mol. The quantitative estimate of drug-likeness (QED) is 0.258. The van der Waals surface area contributed by atoms with Crippen molar-refractivity contribution in [2.45, 2.75) is 113 Å². The van der Waals surface area contributed by atoms with Gasteiger partial charge in [-0.25, -0.2) is 0 Å². The average molecular weight is 427 g/mol. The Morgan fingerprint density at radius 1 is 0.516 bits per heavy atom. The molecule has 0 saturated heterocycles. The Bertz CT molecular complexity index is 684. The molecule has 0 aliphatic heterocycles. The highest BCUT2D eigenvalue weighted by Crippen LogP contribution is 2.24. The fraction of sp³-hybridized carbons (Fsp3) is 0.600. The molecular formula is C30H50O. The van der Waals surface area contributed by atoms with E-state index in [4.69, 9.17) is 5.11 Å². The molecule has 0 rings (SSSR count). The summed E-state index contributed by atoms with van der Waals surface area (Å²) in [6, 6.07) is 0. The number of aliphatic hydroxyl groups excluding tert-OH is 1. The maximum absolute atomic E-state index is 9.16. The molecule has 0 unspecified atom stereocenters. The second-order valence-corrected chi connectivity index (χ2v) is 9.60. The number of allylic oxidation sites excluding steroid dienone is 11. The van der Waals surface area contributed by atoms with Gasteiger partial charge in [0.2, 0.25) is 0 Å². The first-order chi connectivity index (χ1) is 14.6. The minimum Gasteiger partial charge on any atom is -0.392 e. The molecule has 0 spiro atoms. The lowest BCUT2D eigenvalue weighted by Gasteiger charge is -2.12. The van der Waals surface area contributed by atoms with E-state index in [1.165, 1.54) is 34.3 Å². The van der Waals surface area contributed by atoms with Crippen LogP contribution in [0.5, 0.6) is 0 Å². The van der Waals surface area contributed by atoms with E-state index in [-0.39, 0.29) is 6.61 Å². The van der Waals surface area contributed by atoms with E-state index >= 15 is 0 Å². The van der Waals surface area contributed by atoms with Crippen molar-refractivity contribution in [3.05, 3.63) is 69.4 Å². The topological polar surface area (TPSA) is 20.2 Å². The molecule has 0 radical (unpaired) electrons. The second-order valence-electron chi connectivity index (χ2n) is 9.60. The zero-order valence-corrected chi connectivity index (χ0v) is 21.9. The standard InChI is InChI=1S/C30H50O/c1-24(2)12-9-14-26(5)16-11-17-29(8)30(21-19-28(7)22-23-31)20-18-27(6)15-10-13-25(3)4/h12-13,16,18,22,31H,9-11,14-15,17,19-21,23H2,1-8H3/b26-16+,27-18+,28-22-,30-29+. The number of hydrogen-bond acceptors (Lipinski definition) is 1. The molecule has 0 aromatic rings. The van der Waals surface area contributed by atoms with Gasteiger partial charge in [-0.05, 0) is 113 Å². The number of rotatable bonds is 15. The summed E-state index contributed by atoms with van der Waals surface area (Å²) in [5.41, 5.74) is 10.2. The van der Waals surface area contributed by atoms with Crippen molar-refractivity contribution in [3.63, 3.8) is 0 Å². The van der Waals surface area contributed by atoms with Crippen LogP contribution in [0.2, 0.25) is 0 Å². The van der Waals surface area contributed by atoms with Crippen LogP contribution in [0.25, 0.3) is 0 Å². The van der Waals surface area contributed by atoms with Crippen LogP contribution in [0.3, 0.4) is 0 Å². The van der Waals surface area contributed by atoms with Gasteiger partial charge in [0, 0.05) is 0 Å². The molecule has 0 amide bonds. The van der Waals surface area contributed by atoms with E-state index in [2.05, 4.69) is 79.7 Å². The largest absolute Gasteiger partial charge is 0.392 e. The molecule has 0 fully saturated rings. The van der Waals surface area contributed by atoms with Crippen LogP contribution in [-0.2, 0) is 0 Å². The van der Waals surface area contributed by atoms with Crippen molar-refractivity contribution < 1.29 is 5.11 Å². The first-order valence-electron chi connectivity index (χ1n) is 12.2. The van der Waals surface area contributed by atoms with Crippen LogP contribution in [0.1, 0.15) is 113 Å². The van der Waals surface area contributed by atoms with Gasteiger partial charge in [-0.3, -0.25) is 0 Å². The molecule has 0 atom stereocenters. The highest BCUT2D eigenvalue weighted by atomic mass is 16.2. The molecule has 0 heterocycles. The number of aliphatic hydroxyl groups is 1. The molecule has 0 aromatic heterocycles. The van der Waals surface area contributed by atoms with E-state index in [1.54, 1.807) is 11.1 Å². The molecule has 0 aromatic carbocycles. The summed E-state index contributed by atoms with van der Waals surface area (Å²) in [6.07, 6.45) is 21.5. The minimum absolute atomic E-state index is 0.143. The third-order valence-electron chi connectivity index (χ3n) is 5.76. The zero-order chi connectivity index (χ0) is 23.6. The van der Waals surface area contributed by atoms with Gasteiger partial charge in [-0.2, -0.15) is 0 Å². The maximum Gasteiger partial charge on any atom is 0.0614 e. The average Bonchev–Trinajstić information content (AvgIpc) is 2.67. The summed E-state index contributed by atoms with van der Waals surface area (Å²) in [6.45, 7) is 17.8. The van der Waals surface area contributed by atoms with E-state index in [0.717, 1.165) is 51.4 Å². The third kappa shape index (κ3) is 17.7. The van der Waals surface area contributed by atoms with Gasteiger partial charge in [-0.15, -0.1) is 0 Å². The van der Waals surface area contributed by atoms with Gasteiger partial charge < -0.3 is 5.11 Å². The van der Waals surface area contributed by atoms with Gasteiger partial charge in [-0.1, -0.05) is 69.4 Å². The van der Waals surface area contributed by atoms with Crippen molar-refractivity contribution in [1.82, 2.24) is 0 Å². The summed E-state index contributed by atoms with van der Waals surface area (Å²) < 4.78 is 0. The van der Waals surface area contributed by atoms with E-state index < -0.39 is 0 Å². The van der Waals surface area contributed by atoms with Gasteiger partial charge in [0.25, 0.3) is 0 Å². The fourth-order valence-corrected chi connectivity index (χ4v) is 3.49. The Hall–Kier alpha value is -1.60. The van der Waals surface area contributed by atoms with E-state index in [9.17, 15) is 0 Å². The van der Waals surface area contributed by atoms with Gasteiger partial charge in [0.15, 0.2) is 0 Å². The summed E-state index contributed by atoms with van der Waals surface area (Å²) >= 11 is 0. The number of hydrogen-bond donors (Lipinski definition) is 1. The molecule has 1 heteroatoms. The molecule has 0 saturated carbocycles. The van der Waals surface area contributed by atoms with Gasteiger partial charge >= 0.3 is 0 Å². The SMILES string of the molecule is CC(C)=CCC/C(C)=C/CC/C(C)=C(\C/C=C(\C)CCC=C(C)C)CC/C(C)=C\CO. The first-order valence-corrected chi connectivity index (χ1v) is 12.2. The van der Waals surface area contributed by atoms with E-state index in [0.29, 0.717) is 0 Å². The minimum atomic E-state index is 0.143. The Morgan fingerprint density at radius 3 is 1.52 bits per heavy atom. The van der Waals surface area contributed by atoms with Gasteiger partial charge in [0.05, 0.1) is 6.61 Å². The molecular weight excluding hydrogens is 376 g/mol. The van der Waals surface area contributed by atoms with Crippen LogP contribution in [0.15, 0.2) is 69.4 Å². The molecule has 176 valence electrons. The van der Waals surface area contributed by atoms with Crippen molar-refractivity contribution in [3.8, 4) is 0 Å². The summed E-state index contributed by atoms with van der Waals surface area (Å²) in [7, 11) is 0. The maximum atomic E-state index is 9.16. The van der Waals surface area contributed by atoms with Crippen LogP contribution < -0.4 is 0 Å². The fourth-order valence-electron chi connectivity index (χ4n) is 3.49. The smallest absolute Gasteiger partial charge is 0.0614 e. The monoisotopic (exact) mass is 426 g/mol. The summed E-state index contributed by atoms with van der Waals surface area (Å²) in [5.74, 6) is 0. The Labute approximate surface area is 194 Å². The molecule has 0 aliphatic carbocycles. The molecule has 0 bridgehead atoms. The van der Waals surface area contributed by atoms with Crippen LogP contribution in [-0.4, -0.2) is 11.7 Å². The Morgan fingerprint density at radius 2 is 1.00 bits per heavy atom. The molecule has 0 aliphatic rings. The lowest BCUT2D eigenvalue weighted by molar-refractivity contribution is 0.341. The molecule has 1 N–H and O–H groups in total. The lowest BCUT2D eigenvalue weighted by Crippen LogP contribution is -1.93. The van der Waals surface area contributed by atoms with Crippen molar-refractivity contribution in [1.29, 1.82) is 0 Å². The third-order valence-corrected chi connectivity index (χ3v) is 5.76. The normalized spacial score (nSPS) is 13.8. The van der Waals surface area contributed by atoms with Crippen molar-refractivity contribution >= 4 is 0 Å². The lowest BCUT2D eigenvalue weighted by atomic mass is 9.94. The first kappa shape index (κ1) is 29.4. The molecule has 1 nitrogen and oxygen atoms in total.